The molecule has 2 amide bonds. The van der Waals surface area contributed by atoms with Crippen LogP contribution < -0.4 is 10.6 Å². The van der Waals surface area contributed by atoms with E-state index in [1.165, 1.54) is 0 Å². The first-order valence-electron chi connectivity index (χ1n) is 9.27. The van der Waals surface area contributed by atoms with E-state index in [9.17, 15) is 4.79 Å². The average molecular weight is 335 g/mol. The minimum atomic E-state index is -0.105. The minimum Gasteiger partial charge on any atom is -0.378 e. The SMILES string of the molecule is CCC(CC)[C@@H]1C[C@H](NC(=O)N[C@H]2CCCn3ncnc32)CCO1. The first-order valence-corrected chi connectivity index (χ1v) is 9.27. The summed E-state index contributed by atoms with van der Waals surface area (Å²) in [5.74, 6) is 1.44. The molecule has 2 N–H and O–H groups in total. The lowest BCUT2D eigenvalue weighted by Gasteiger charge is -2.34. The van der Waals surface area contributed by atoms with Crippen LogP contribution in [0.5, 0.6) is 0 Å². The van der Waals surface area contributed by atoms with Crippen LogP contribution in [0.3, 0.4) is 0 Å². The van der Waals surface area contributed by atoms with Crippen molar-refractivity contribution in [2.75, 3.05) is 6.61 Å². The van der Waals surface area contributed by atoms with Crippen molar-refractivity contribution in [1.82, 2.24) is 25.4 Å². The molecule has 24 heavy (non-hydrogen) atoms. The third-order valence-electron chi connectivity index (χ3n) is 5.35. The van der Waals surface area contributed by atoms with Gasteiger partial charge in [0.1, 0.15) is 12.2 Å². The van der Waals surface area contributed by atoms with Gasteiger partial charge in [-0.1, -0.05) is 26.7 Å². The van der Waals surface area contributed by atoms with Gasteiger partial charge >= 0.3 is 6.03 Å². The highest BCUT2D eigenvalue weighted by atomic mass is 16.5. The number of hydrogen-bond donors (Lipinski definition) is 2. The van der Waals surface area contributed by atoms with Gasteiger partial charge in [-0.25, -0.2) is 14.5 Å². The fraction of sp³-hybridized carbons (Fsp3) is 0.824. The number of urea groups is 1. The molecule has 1 saturated heterocycles. The van der Waals surface area contributed by atoms with Crippen LogP contribution in [0.25, 0.3) is 0 Å². The molecule has 2 aliphatic rings. The molecule has 0 bridgehead atoms. The maximum Gasteiger partial charge on any atom is 0.315 e. The van der Waals surface area contributed by atoms with E-state index in [-0.39, 0.29) is 24.2 Å². The van der Waals surface area contributed by atoms with Crippen molar-refractivity contribution in [3.05, 3.63) is 12.2 Å². The number of ether oxygens (including phenoxy) is 1. The zero-order chi connectivity index (χ0) is 16.9. The Morgan fingerprint density at radius 2 is 2.21 bits per heavy atom. The molecular weight excluding hydrogens is 306 g/mol. The number of rotatable bonds is 5. The van der Waals surface area contributed by atoms with Crippen molar-refractivity contribution in [2.24, 2.45) is 5.92 Å². The molecule has 0 unspecified atom stereocenters. The number of aryl methyl sites for hydroxylation is 1. The summed E-state index contributed by atoms with van der Waals surface area (Å²) in [5.41, 5.74) is 0. The summed E-state index contributed by atoms with van der Waals surface area (Å²) in [5, 5.41) is 10.4. The molecule has 3 rings (SSSR count). The van der Waals surface area contributed by atoms with Crippen molar-refractivity contribution < 1.29 is 9.53 Å². The van der Waals surface area contributed by atoms with E-state index < -0.39 is 0 Å². The minimum absolute atomic E-state index is 0.0454. The van der Waals surface area contributed by atoms with Crippen molar-refractivity contribution in [3.8, 4) is 0 Å². The fourth-order valence-corrected chi connectivity index (χ4v) is 3.91. The Morgan fingerprint density at radius 1 is 1.38 bits per heavy atom. The van der Waals surface area contributed by atoms with Gasteiger partial charge in [0, 0.05) is 19.2 Å². The van der Waals surface area contributed by atoms with Gasteiger partial charge < -0.3 is 15.4 Å². The van der Waals surface area contributed by atoms with E-state index in [0.717, 1.165) is 57.5 Å². The Labute approximate surface area is 143 Å². The highest BCUT2D eigenvalue weighted by Gasteiger charge is 2.29. The van der Waals surface area contributed by atoms with E-state index in [2.05, 4.69) is 34.6 Å². The maximum atomic E-state index is 12.4. The number of nitrogens with one attached hydrogen (secondary N) is 2. The summed E-state index contributed by atoms with van der Waals surface area (Å²) in [7, 11) is 0. The van der Waals surface area contributed by atoms with Gasteiger partial charge in [0.25, 0.3) is 0 Å². The van der Waals surface area contributed by atoms with Crippen LogP contribution in [0.4, 0.5) is 4.79 Å². The van der Waals surface area contributed by atoms with Crippen molar-refractivity contribution in [1.29, 1.82) is 0 Å². The number of hydrogen-bond acceptors (Lipinski definition) is 4. The van der Waals surface area contributed by atoms with Crippen molar-refractivity contribution in [3.63, 3.8) is 0 Å². The quantitative estimate of drug-likeness (QED) is 0.866. The third kappa shape index (κ3) is 3.88. The summed E-state index contributed by atoms with van der Waals surface area (Å²) in [6.45, 7) is 6.02. The molecule has 3 heterocycles. The molecule has 0 aliphatic carbocycles. The average Bonchev–Trinajstić information content (AvgIpc) is 3.06. The van der Waals surface area contributed by atoms with Crippen LogP contribution in [0.2, 0.25) is 0 Å². The van der Waals surface area contributed by atoms with E-state index in [1.807, 2.05) is 4.68 Å². The summed E-state index contributed by atoms with van der Waals surface area (Å²) < 4.78 is 7.81. The molecule has 0 radical (unpaired) electrons. The second kappa shape index (κ2) is 7.96. The molecule has 0 spiro atoms. The molecule has 1 fully saturated rings. The Hall–Kier alpha value is -1.63. The Kier molecular flexibility index (Phi) is 5.71. The van der Waals surface area contributed by atoms with Crippen molar-refractivity contribution >= 4 is 6.03 Å². The van der Waals surface area contributed by atoms with E-state index >= 15 is 0 Å². The summed E-state index contributed by atoms with van der Waals surface area (Å²) in [6, 6.07) is 0.0355. The molecule has 134 valence electrons. The summed E-state index contributed by atoms with van der Waals surface area (Å²) in [4.78, 5) is 16.7. The predicted molar refractivity (Wildman–Crippen MR) is 90.5 cm³/mol. The largest absolute Gasteiger partial charge is 0.378 e. The standard InChI is InChI=1S/C17H29N5O2/c1-3-12(4-2)15-10-13(7-9-24-15)20-17(23)21-14-6-5-8-22-16(14)18-11-19-22/h11-15H,3-10H2,1-2H3,(H2,20,21,23)/t13-,14+,15+/m1/s1. The number of amides is 2. The number of aromatic nitrogens is 3. The predicted octanol–water partition coefficient (Wildman–Crippen LogP) is 2.40. The van der Waals surface area contributed by atoms with Gasteiger partial charge in [-0.2, -0.15) is 5.10 Å². The van der Waals surface area contributed by atoms with Crippen LogP contribution in [-0.4, -0.2) is 39.5 Å². The summed E-state index contributed by atoms with van der Waals surface area (Å²) >= 11 is 0. The van der Waals surface area contributed by atoms with Crippen LogP contribution in [-0.2, 0) is 11.3 Å². The normalized spacial score (nSPS) is 26.9. The molecular formula is C17H29N5O2. The van der Waals surface area contributed by atoms with E-state index in [4.69, 9.17) is 4.74 Å². The lowest BCUT2D eigenvalue weighted by Crippen LogP contribution is -2.48. The number of carbonyl (C=O) groups excluding carboxylic acids is 1. The zero-order valence-corrected chi connectivity index (χ0v) is 14.7. The third-order valence-corrected chi connectivity index (χ3v) is 5.35. The van der Waals surface area contributed by atoms with Gasteiger partial charge in [-0.3, -0.25) is 0 Å². The van der Waals surface area contributed by atoms with Crippen LogP contribution >= 0.6 is 0 Å². The lowest BCUT2D eigenvalue weighted by atomic mass is 9.89. The van der Waals surface area contributed by atoms with Gasteiger partial charge in [0.2, 0.25) is 0 Å². The molecule has 0 aromatic carbocycles. The van der Waals surface area contributed by atoms with Crippen molar-refractivity contribution in [2.45, 2.75) is 77.1 Å². The van der Waals surface area contributed by atoms with E-state index in [0.29, 0.717) is 5.92 Å². The van der Waals surface area contributed by atoms with Crippen LogP contribution in [0.15, 0.2) is 6.33 Å². The Bertz CT molecular complexity index is 543. The number of carbonyl (C=O) groups is 1. The second-order valence-corrected chi connectivity index (χ2v) is 6.86. The molecule has 1 aromatic rings. The fourth-order valence-electron chi connectivity index (χ4n) is 3.91. The monoisotopic (exact) mass is 335 g/mol. The molecule has 1 aromatic heterocycles. The van der Waals surface area contributed by atoms with Crippen LogP contribution in [0, 0.1) is 5.92 Å². The highest BCUT2D eigenvalue weighted by Crippen LogP contribution is 2.25. The molecule has 0 saturated carbocycles. The van der Waals surface area contributed by atoms with Gasteiger partial charge in [-0.05, 0) is 31.6 Å². The highest BCUT2D eigenvalue weighted by molar-refractivity contribution is 5.74. The van der Waals surface area contributed by atoms with Crippen LogP contribution in [0.1, 0.15) is 64.2 Å². The van der Waals surface area contributed by atoms with Gasteiger partial charge in [-0.15, -0.1) is 0 Å². The molecule has 7 nitrogen and oxygen atoms in total. The first-order chi connectivity index (χ1) is 11.7. The lowest BCUT2D eigenvalue weighted by molar-refractivity contribution is -0.0331. The zero-order valence-electron chi connectivity index (χ0n) is 14.7. The summed E-state index contributed by atoms with van der Waals surface area (Å²) in [6.07, 6.45) is 7.77. The van der Waals surface area contributed by atoms with Gasteiger partial charge in [0.15, 0.2) is 0 Å². The maximum absolute atomic E-state index is 12.4. The second-order valence-electron chi connectivity index (χ2n) is 6.86. The van der Waals surface area contributed by atoms with E-state index in [1.54, 1.807) is 6.33 Å². The Morgan fingerprint density at radius 3 is 3.00 bits per heavy atom. The number of nitrogens with zero attached hydrogens (tertiary/aromatic N) is 3. The smallest absolute Gasteiger partial charge is 0.315 e. The molecule has 2 aliphatic heterocycles. The number of fused-ring (bicyclic) bond motifs is 1. The first kappa shape index (κ1) is 17.2. The molecule has 3 atom stereocenters. The molecule has 7 heteroatoms. The topological polar surface area (TPSA) is 81.1 Å². The van der Waals surface area contributed by atoms with Gasteiger partial charge in [0.05, 0.1) is 12.1 Å². The Balaban J connectivity index is 1.52.